The van der Waals surface area contributed by atoms with Crippen molar-refractivity contribution < 1.29 is 18.3 Å². The smallest absolute Gasteiger partial charge is 0.357 e. The van der Waals surface area contributed by atoms with Crippen LogP contribution in [0.3, 0.4) is 0 Å². The molecule has 2 rings (SSSR count). The van der Waals surface area contributed by atoms with E-state index in [-0.39, 0.29) is 11.4 Å². The molecule has 0 spiro atoms. The largest absolute Gasteiger partial charge is 0.455 e. The van der Waals surface area contributed by atoms with E-state index >= 15 is 0 Å². The van der Waals surface area contributed by atoms with E-state index in [2.05, 4.69) is 9.71 Å². The van der Waals surface area contributed by atoms with Crippen molar-refractivity contribution in [1.29, 1.82) is 0 Å². The number of rotatable bonds is 3. The second-order valence-electron chi connectivity index (χ2n) is 5.27. The Kier molecular flexibility index (Phi) is 3.82. The van der Waals surface area contributed by atoms with E-state index in [0.717, 1.165) is 0 Å². The molecular weight excluding hydrogens is 280 g/mol. The third-order valence-corrected chi connectivity index (χ3v) is 2.88. The summed E-state index contributed by atoms with van der Waals surface area (Å²) in [4.78, 5) is 15.1. The number of esters is 1. The normalized spacial score (nSPS) is 13.2. The van der Waals surface area contributed by atoms with Gasteiger partial charge in [-0.15, -0.1) is 0 Å². The highest BCUT2D eigenvalue weighted by Gasteiger charge is 2.24. The van der Waals surface area contributed by atoms with Gasteiger partial charge in [0.15, 0.2) is 5.69 Å². The Balaban J connectivity index is 2.51. The lowest BCUT2D eigenvalue weighted by molar-refractivity contribution is 0.00652. The molecule has 3 N–H and O–H groups in total. The zero-order chi connectivity index (χ0) is 14.9. The van der Waals surface area contributed by atoms with Gasteiger partial charge in [0, 0.05) is 10.9 Å². The molecule has 1 atom stereocenters. The number of aromatic nitrogens is 1. The Hall–Kier alpha value is -1.86. The van der Waals surface area contributed by atoms with E-state index in [1.54, 1.807) is 45.0 Å². The number of ether oxygens (including phenoxy) is 1. The zero-order valence-corrected chi connectivity index (χ0v) is 12.2. The van der Waals surface area contributed by atoms with Crippen LogP contribution in [-0.4, -0.2) is 25.3 Å². The van der Waals surface area contributed by atoms with Gasteiger partial charge >= 0.3 is 5.97 Å². The molecule has 0 aliphatic rings. The quantitative estimate of drug-likeness (QED) is 0.600. The van der Waals surface area contributed by atoms with Gasteiger partial charge in [0.25, 0.3) is 11.3 Å². The molecule has 108 valence electrons. The van der Waals surface area contributed by atoms with Crippen molar-refractivity contribution in [1.82, 2.24) is 4.98 Å². The second kappa shape index (κ2) is 5.26. The average Bonchev–Trinajstić information content (AvgIpc) is 2.66. The predicted molar refractivity (Wildman–Crippen MR) is 77.9 cm³/mol. The molecule has 1 aromatic heterocycles. The Labute approximate surface area is 118 Å². The first-order valence-corrected chi connectivity index (χ1v) is 7.10. The molecule has 1 aromatic carbocycles. The highest BCUT2D eigenvalue weighted by Crippen LogP contribution is 2.29. The van der Waals surface area contributed by atoms with Crippen LogP contribution in [0.2, 0.25) is 0 Å². The van der Waals surface area contributed by atoms with E-state index in [4.69, 9.17) is 9.29 Å². The summed E-state index contributed by atoms with van der Waals surface area (Å²) in [6.45, 7) is 5.26. The summed E-state index contributed by atoms with van der Waals surface area (Å²) in [6.07, 6.45) is 0. The van der Waals surface area contributed by atoms with E-state index in [1.807, 2.05) is 0 Å². The van der Waals surface area contributed by atoms with Crippen molar-refractivity contribution in [2.45, 2.75) is 26.4 Å². The van der Waals surface area contributed by atoms with Gasteiger partial charge in [-0.05, 0) is 26.8 Å². The lowest BCUT2D eigenvalue weighted by Gasteiger charge is -2.19. The predicted octanol–water partition coefficient (Wildman–Crippen LogP) is 2.67. The lowest BCUT2D eigenvalue weighted by atomic mass is 10.2. The number of hydrogen-bond acceptors (Lipinski definition) is 3. The fourth-order valence-electron chi connectivity index (χ4n) is 1.82. The maximum Gasteiger partial charge on any atom is 0.357 e. The standard InChI is InChI=1S/C13H16N2O4S/c1-13(2,3)19-12(16)11-10(15-20(17)18)8-6-4-5-7-9(8)14-11/h4-7,14-15H,1-3H3,(H,17,18). The molecule has 0 saturated carbocycles. The van der Waals surface area contributed by atoms with Crippen molar-refractivity contribution in [3.63, 3.8) is 0 Å². The topological polar surface area (TPSA) is 91.4 Å². The number of para-hydroxylation sites is 1. The molecule has 20 heavy (non-hydrogen) atoms. The maximum atomic E-state index is 12.2. The molecule has 0 radical (unpaired) electrons. The fourth-order valence-corrected chi connectivity index (χ4v) is 2.20. The van der Waals surface area contributed by atoms with Gasteiger partial charge in [0.2, 0.25) is 0 Å². The molecule has 7 heteroatoms. The number of hydrogen-bond donors (Lipinski definition) is 3. The van der Waals surface area contributed by atoms with Gasteiger partial charge in [-0.25, -0.2) is 9.00 Å². The van der Waals surface area contributed by atoms with E-state index in [0.29, 0.717) is 10.9 Å². The van der Waals surface area contributed by atoms with Crippen LogP contribution in [0.1, 0.15) is 31.3 Å². The first-order valence-electron chi connectivity index (χ1n) is 5.99. The molecule has 0 aliphatic heterocycles. The molecule has 0 aliphatic carbocycles. The van der Waals surface area contributed by atoms with Crippen LogP contribution in [0.4, 0.5) is 5.69 Å². The van der Waals surface area contributed by atoms with Gasteiger partial charge in [-0.1, -0.05) is 18.2 Å². The highest BCUT2D eigenvalue weighted by molar-refractivity contribution is 7.80. The molecule has 0 amide bonds. The maximum absolute atomic E-state index is 12.2. The summed E-state index contributed by atoms with van der Waals surface area (Å²) >= 11 is -2.28. The molecule has 0 bridgehead atoms. The third kappa shape index (κ3) is 3.17. The summed E-state index contributed by atoms with van der Waals surface area (Å²) < 4.78 is 27.7. The number of carbonyl (C=O) groups is 1. The Morgan fingerprint density at radius 2 is 2.00 bits per heavy atom. The Bertz CT molecular complexity index is 673. The van der Waals surface area contributed by atoms with Crippen LogP contribution in [0.5, 0.6) is 0 Å². The van der Waals surface area contributed by atoms with Gasteiger partial charge < -0.3 is 9.72 Å². The van der Waals surface area contributed by atoms with Gasteiger partial charge in [0.1, 0.15) is 5.60 Å². The van der Waals surface area contributed by atoms with Gasteiger partial charge in [-0.3, -0.25) is 9.27 Å². The first kappa shape index (κ1) is 14.5. The first-order chi connectivity index (χ1) is 9.28. The summed E-state index contributed by atoms with van der Waals surface area (Å²) in [6, 6.07) is 7.10. The van der Waals surface area contributed by atoms with E-state index < -0.39 is 22.8 Å². The minimum atomic E-state index is -2.28. The number of aromatic amines is 1. The number of anilines is 1. The molecular formula is C13H16N2O4S. The summed E-state index contributed by atoms with van der Waals surface area (Å²) in [5.41, 5.74) is 0.421. The Morgan fingerprint density at radius 3 is 2.60 bits per heavy atom. The van der Waals surface area contributed by atoms with Crippen molar-refractivity contribution >= 4 is 33.8 Å². The third-order valence-electron chi connectivity index (χ3n) is 2.50. The van der Waals surface area contributed by atoms with Crippen molar-refractivity contribution in [2.75, 3.05) is 4.72 Å². The van der Waals surface area contributed by atoms with Crippen LogP contribution in [-0.2, 0) is 16.0 Å². The monoisotopic (exact) mass is 296 g/mol. The molecule has 6 nitrogen and oxygen atoms in total. The number of H-pyrrole nitrogens is 1. The lowest BCUT2D eigenvalue weighted by Crippen LogP contribution is -2.24. The Morgan fingerprint density at radius 1 is 1.35 bits per heavy atom. The van der Waals surface area contributed by atoms with Crippen molar-refractivity contribution in [3.8, 4) is 0 Å². The molecule has 2 aromatic rings. The molecule has 0 fully saturated rings. The zero-order valence-electron chi connectivity index (χ0n) is 11.4. The van der Waals surface area contributed by atoms with Crippen LogP contribution in [0, 0.1) is 0 Å². The number of fused-ring (bicyclic) bond motifs is 1. The average molecular weight is 296 g/mol. The van der Waals surface area contributed by atoms with Gasteiger partial charge in [-0.2, -0.15) is 0 Å². The van der Waals surface area contributed by atoms with Crippen LogP contribution < -0.4 is 4.72 Å². The minimum Gasteiger partial charge on any atom is -0.455 e. The fraction of sp³-hybridized carbons (Fsp3) is 0.308. The summed E-state index contributed by atoms with van der Waals surface area (Å²) in [7, 11) is 0. The van der Waals surface area contributed by atoms with Gasteiger partial charge in [0.05, 0.1) is 5.69 Å². The molecule has 1 unspecified atom stereocenters. The van der Waals surface area contributed by atoms with Crippen molar-refractivity contribution in [2.24, 2.45) is 0 Å². The number of benzene rings is 1. The SMILES string of the molecule is CC(C)(C)OC(=O)c1[nH]c2ccccc2c1NS(=O)O. The summed E-state index contributed by atoms with van der Waals surface area (Å²) in [5, 5.41) is 0.649. The molecule has 0 saturated heterocycles. The van der Waals surface area contributed by atoms with E-state index in [9.17, 15) is 9.00 Å². The molecule has 1 heterocycles. The van der Waals surface area contributed by atoms with Crippen LogP contribution in [0.15, 0.2) is 24.3 Å². The minimum absolute atomic E-state index is 0.128. The second-order valence-corrected chi connectivity index (χ2v) is 5.98. The van der Waals surface area contributed by atoms with E-state index in [1.165, 1.54) is 0 Å². The van der Waals surface area contributed by atoms with Crippen LogP contribution >= 0.6 is 0 Å². The summed E-state index contributed by atoms with van der Waals surface area (Å²) in [5.74, 6) is -0.582. The van der Waals surface area contributed by atoms with Crippen molar-refractivity contribution in [3.05, 3.63) is 30.0 Å². The highest BCUT2D eigenvalue weighted by atomic mass is 32.2. The van der Waals surface area contributed by atoms with Crippen LogP contribution in [0.25, 0.3) is 10.9 Å². The number of carbonyl (C=O) groups excluding carboxylic acids is 1. The number of nitrogens with one attached hydrogen (secondary N) is 2.